The van der Waals surface area contributed by atoms with Gasteiger partial charge in [0.05, 0.1) is 22.7 Å². The smallest absolute Gasteiger partial charge is 0.129 e. The number of nitrogens with two attached hydrogens (primary N) is 1. The average molecular weight is 309 g/mol. The van der Waals surface area contributed by atoms with Gasteiger partial charge in [0, 0.05) is 5.92 Å². The second-order valence-electron chi connectivity index (χ2n) is 5.06. The molecule has 3 nitrogen and oxygen atoms in total. The van der Waals surface area contributed by atoms with E-state index in [-0.39, 0.29) is 0 Å². The van der Waals surface area contributed by atoms with Crippen LogP contribution in [0.15, 0.2) is 18.2 Å². The molecule has 0 radical (unpaired) electrons. The van der Waals surface area contributed by atoms with Crippen molar-refractivity contribution in [1.82, 2.24) is 4.98 Å². The van der Waals surface area contributed by atoms with Gasteiger partial charge in [-0.3, -0.25) is 0 Å². The molecule has 1 saturated carbocycles. The Balaban J connectivity index is 2.06. The van der Waals surface area contributed by atoms with Gasteiger partial charge in [0.15, 0.2) is 0 Å². The largest absolute Gasteiger partial charge is 0.496 e. The lowest BCUT2D eigenvalue weighted by atomic mass is 10.1. The van der Waals surface area contributed by atoms with Crippen LogP contribution in [-0.4, -0.2) is 12.1 Å². The van der Waals surface area contributed by atoms with E-state index in [9.17, 15) is 0 Å². The molecule has 2 N–H and O–H groups in total. The first-order chi connectivity index (χ1) is 9.70. The van der Waals surface area contributed by atoms with Crippen LogP contribution in [0.25, 0.3) is 11.3 Å². The Labute approximate surface area is 127 Å². The third kappa shape index (κ3) is 2.38. The summed E-state index contributed by atoms with van der Waals surface area (Å²) in [7, 11) is 1.63. The molecule has 106 valence electrons. The third-order valence-corrected chi connectivity index (χ3v) is 5.17. The molecule has 0 unspecified atom stereocenters. The molecule has 0 amide bonds. The van der Waals surface area contributed by atoms with Crippen LogP contribution in [0.5, 0.6) is 5.75 Å². The molecule has 1 aliphatic carbocycles. The standard InChI is InChI=1S/C15H17ClN2OS/c1-19-11-8-4-7-10(16)12(11)13-14(17)20-15(18-13)9-5-2-3-6-9/h4,7-9H,2-3,5-6,17H2,1H3. The lowest BCUT2D eigenvalue weighted by Crippen LogP contribution is -1.94. The number of halogens is 1. The maximum Gasteiger partial charge on any atom is 0.129 e. The monoisotopic (exact) mass is 308 g/mol. The van der Waals surface area contributed by atoms with Gasteiger partial charge >= 0.3 is 0 Å². The minimum atomic E-state index is 0.560. The second-order valence-corrected chi connectivity index (χ2v) is 6.53. The van der Waals surface area contributed by atoms with Crippen molar-refractivity contribution in [2.45, 2.75) is 31.6 Å². The predicted molar refractivity (Wildman–Crippen MR) is 84.7 cm³/mol. The summed E-state index contributed by atoms with van der Waals surface area (Å²) >= 11 is 7.90. The fourth-order valence-electron chi connectivity index (χ4n) is 2.78. The van der Waals surface area contributed by atoms with Gasteiger partial charge < -0.3 is 10.5 Å². The number of nitrogen functional groups attached to an aromatic ring is 1. The van der Waals surface area contributed by atoms with Gasteiger partial charge in [0.2, 0.25) is 0 Å². The van der Waals surface area contributed by atoms with Gasteiger partial charge in [-0.25, -0.2) is 4.98 Å². The summed E-state index contributed by atoms with van der Waals surface area (Å²) in [5.41, 5.74) is 7.74. The summed E-state index contributed by atoms with van der Waals surface area (Å²) < 4.78 is 5.39. The van der Waals surface area contributed by atoms with Crippen molar-refractivity contribution in [1.29, 1.82) is 0 Å². The SMILES string of the molecule is COc1cccc(Cl)c1-c1nc(C2CCCC2)sc1N. The van der Waals surface area contributed by atoms with Crippen LogP contribution in [0.1, 0.15) is 36.6 Å². The van der Waals surface area contributed by atoms with Crippen LogP contribution in [0.3, 0.4) is 0 Å². The van der Waals surface area contributed by atoms with Crippen LogP contribution in [0.2, 0.25) is 5.02 Å². The topological polar surface area (TPSA) is 48.1 Å². The van der Waals surface area contributed by atoms with E-state index in [4.69, 9.17) is 27.1 Å². The molecule has 0 aliphatic heterocycles. The molecule has 20 heavy (non-hydrogen) atoms. The molecule has 5 heteroatoms. The van der Waals surface area contributed by atoms with Gasteiger partial charge in [-0.1, -0.05) is 30.5 Å². The Morgan fingerprint density at radius 3 is 2.80 bits per heavy atom. The zero-order valence-electron chi connectivity index (χ0n) is 11.4. The lowest BCUT2D eigenvalue weighted by Gasteiger charge is -2.09. The maximum absolute atomic E-state index is 6.31. The number of aromatic nitrogens is 1. The number of ether oxygens (including phenoxy) is 1. The highest BCUT2D eigenvalue weighted by atomic mass is 35.5. The van der Waals surface area contributed by atoms with Gasteiger partial charge in [-0.05, 0) is 25.0 Å². The van der Waals surface area contributed by atoms with E-state index < -0.39 is 0 Å². The van der Waals surface area contributed by atoms with Crippen LogP contribution >= 0.6 is 22.9 Å². The van der Waals surface area contributed by atoms with Crippen molar-refractivity contribution in [3.8, 4) is 17.0 Å². The summed E-state index contributed by atoms with van der Waals surface area (Å²) in [5, 5.41) is 2.48. The van der Waals surface area contributed by atoms with Crippen molar-refractivity contribution >= 4 is 27.9 Å². The molecule has 2 aromatic rings. The number of benzene rings is 1. The first kappa shape index (κ1) is 13.7. The molecule has 0 spiro atoms. The molecule has 1 heterocycles. The fraction of sp³-hybridized carbons (Fsp3) is 0.400. The van der Waals surface area contributed by atoms with Crippen molar-refractivity contribution in [3.63, 3.8) is 0 Å². The van der Waals surface area contributed by atoms with Crippen LogP contribution in [-0.2, 0) is 0 Å². The van der Waals surface area contributed by atoms with E-state index >= 15 is 0 Å². The zero-order chi connectivity index (χ0) is 14.1. The summed E-state index contributed by atoms with van der Waals surface area (Å²) in [6.07, 6.45) is 5.00. The molecular weight excluding hydrogens is 292 g/mol. The second kappa shape index (κ2) is 5.62. The summed E-state index contributed by atoms with van der Waals surface area (Å²) in [6.45, 7) is 0. The highest BCUT2D eigenvalue weighted by molar-refractivity contribution is 7.16. The Kier molecular flexibility index (Phi) is 3.85. The molecule has 0 bridgehead atoms. The number of methoxy groups -OCH3 is 1. The molecular formula is C15H17ClN2OS. The van der Waals surface area contributed by atoms with E-state index in [0.29, 0.717) is 16.7 Å². The fourth-order valence-corrected chi connectivity index (χ4v) is 4.04. The molecule has 1 aliphatic rings. The number of nitrogens with zero attached hydrogens (tertiary/aromatic N) is 1. The first-order valence-electron chi connectivity index (χ1n) is 6.79. The van der Waals surface area contributed by atoms with Crippen molar-refractivity contribution in [2.24, 2.45) is 0 Å². The van der Waals surface area contributed by atoms with Crippen molar-refractivity contribution in [2.75, 3.05) is 12.8 Å². The number of thiazole rings is 1. The van der Waals surface area contributed by atoms with E-state index in [0.717, 1.165) is 21.3 Å². The predicted octanol–water partition coefficient (Wildman–Crippen LogP) is 4.71. The zero-order valence-corrected chi connectivity index (χ0v) is 12.9. The van der Waals surface area contributed by atoms with Crippen molar-refractivity contribution in [3.05, 3.63) is 28.2 Å². The van der Waals surface area contributed by atoms with Crippen LogP contribution in [0.4, 0.5) is 5.00 Å². The minimum Gasteiger partial charge on any atom is -0.496 e. The quantitative estimate of drug-likeness (QED) is 0.893. The molecule has 1 fully saturated rings. The molecule has 1 aromatic heterocycles. The van der Waals surface area contributed by atoms with Crippen molar-refractivity contribution < 1.29 is 4.74 Å². The first-order valence-corrected chi connectivity index (χ1v) is 7.99. The van der Waals surface area contributed by atoms with E-state index in [1.54, 1.807) is 18.4 Å². The van der Waals surface area contributed by atoms with Gasteiger partial charge in [0.1, 0.15) is 16.4 Å². The Bertz CT molecular complexity index is 620. The van der Waals surface area contributed by atoms with Crippen LogP contribution < -0.4 is 10.5 Å². The Morgan fingerprint density at radius 1 is 1.35 bits per heavy atom. The Morgan fingerprint density at radius 2 is 2.10 bits per heavy atom. The molecule has 1 aromatic carbocycles. The molecule has 0 saturated heterocycles. The highest BCUT2D eigenvalue weighted by Gasteiger charge is 2.24. The highest BCUT2D eigenvalue weighted by Crippen LogP contribution is 2.44. The number of hydrogen-bond donors (Lipinski definition) is 1. The normalized spacial score (nSPS) is 15.7. The molecule has 0 atom stereocenters. The van der Waals surface area contributed by atoms with Gasteiger partial charge in [-0.2, -0.15) is 0 Å². The van der Waals surface area contributed by atoms with Gasteiger partial charge in [-0.15, -0.1) is 11.3 Å². The summed E-state index contributed by atoms with van der Waals surface area (Å²) in [5.74, 6) is 1.28. The van der Waals surface area contributed by atoms with E-state index in [1.807, 2.05) is 18.2 Å². The molecule has 3 rings (SSSR count). The van der Waals surface area contributed by atoms with Gasteiger partial charge in [0.25, 0.3) is 0 Å². The third-order valence-electron chi connectivity index (χ3n) is 3.81. The minimum absolute atomic E-state index is 0.560. The number of rotatable bonds is 3. The summed E-state index contributed by atoms with van der Waals surface area (Å²) in [6, 6.07) is 5.59. The number of hydrogen-bond acceptors (Lipinski definition) is 4. The van der Waals surface area contributed by atoms with E-state index in [1.165, 1.54) is 25.7 Å². The summed E-state index contributed by atoms with van der Waals surface area (Å²) in [4.78, 5) is 4.76. The average Bonchev–Trinajstić information content (AvgIpc) is 3.08. The van der Waals surface area contributed by atoms with Crippen LogP contribution in [0, 0.1) is 0 Å². The maximum atomic E-state index is 6.31. The Hall–Kier alpha value is -1.26. The number of anilines is 1. The van der Waals surface area contributed by atoms with E-state index in [2.05, 4.69) is 0 Å². The lowest BCUT2D eigenvalue weighted by molar-refractivity contribution is 0.416.